The second kappa shape index (κ2) is 4.99. The third kappa shape index (κ3) is 2.83. The van der Waals surface area contributed by atoms with Gasteiger partial charge in [-0.15, -0.1) is 0 Å². The quantitative estimate of drug-likeness (QED) is 0.818. The monoisotopic (exact) mass is 251 g/mol. The van der Waals surface area contributed by atoms with Crippen LogP contribution >= 0.6 is 11.6 Å². The first-order valence-corrected chi connectivity index (χ1v) is 6.99. The zero-order valence-corrected chi connectivity index (χ0v) is 11.6. The molecule has 2 heteroatoms. The molecule has 0 radical (unpaired) electrons. The van der Waals surface area contributed by atoms with Gasteiger partial charge in [0.25, 0.3) is 0 Å². The molecule has 1 aliphatic rings. The van der Waals surface area contributed by atoms with E-state index in [9.17, 15) is 0 Å². The fourth-order valence-corrected chi connectivity index (χ4v) is 2.95. The Labute approximate surface area is 109 Å². The first kappa shape index (κ1) is 12.9. The first-order valence-electron chi connectivity index (χ1n) is 6.61. The Morgan fingerprint density at radius 2 is 1.76 bits per heavy atom. The van der Waals surface area contributed by atoms with Crippen molar-refractivity contribution >= 4 is 11.6 Å². The molecule has 0 amide bonds. The van der Waals surface area contributed by atoms with E-state index in [1.165, 1.54) is 30.4 Å². The molecular formula is C15H22ClN. The summed E-state index contributed by atoms with van der Waals surface area (Å²) in [5.74, 6) is 0.500. The number of nitrogens with two attached hydrogens (primary N) is 1. The van der Waals surface area contributed by atoms with Crippen LogP contribution in [0.25, 0.3) is 0 Å². The normalized spacial score (nSPS) is 19.6. The van der Waals surface area contributed by atoms with E-state index in [0.717, 1.165) is 17.9 Å². The van der Waals surface area contributed by atoms with Crippen molar-refractivity contribution in [2.75, 3.05) is 0 Å². The molecule has 0 aromatic heterocycles. The molecule has 0 atom stereocenters. The average Bonchev–Trinajstić information content (AvgIpc) is 2.29. The summed E-state index contributed by atoms with van der Waals surface area (Å²) in [7, 11) is 0. The summed E-state index contributed by atoms with van der Waals surface area (Å²) in [4.78, 5) is 0. The fraction of sp³-hybridized carbons (Fsp3) is 0.600. The van der Waals surface area contributed by atoms with Gasteiger partial charge in [0, 0.05) is 10.6 Å². The van der Waals surface area contributed by atoms with Crippen molar-refractivity contribution in [3.05, 3.63) is 34.3 Å². The summed E-state index contributed by atoms with van der Waals surface area (Å²) >= 11 is 6.22. The molecule has 1 aromatic carbocycles. The van der Waals surface area contributed by atoms with E-state index in [4.69, 9.17) is 17.3 Å². The SMILES string of the molecule is CC(C)c1cc(Cl)cc(C2(N)CCCCC2)c1. The molecular weight excluding hydrogens is 230 g/mol. The van der Waals surface area contributed by atoms with Crippen LogP contribution in [0, 0.1) is 0 Å². The highest BCUT2D eigenvalue weighted by molar-refractivity contribution is 6.30. The zero-order chi connectivity index (χ0) is 12.5. The van der Waals surface area contributed by atoms with Crippen LogP contribution in [-0.2, 0) is 5.54 Å². The van der Waals surface area contributed by atoms with Crippen molar-refractivity contribution in [3.63, 3.8) is 0 Å². The minimum Gasteiger partial charge on any atom is -0.321 e. The van der Waals surface area contributed by atoms with Crippen LogP contribution < -0.4 is 5.73 Å². The predicted molar refractivity (Wildman–Crippen MR) is 74.5 cm³/mol. The van der Waals surface area contributed by atoms with E-state index >= 15 is 0 Å². The van der Waals surface area contributed by atoms with Crippen molar-refractivity contribution in [3.8, 4) is 0 Å². The van der Waals surface area contributed by atoms with Gasteiger partial charge in [-0.3, -0.25) is 0 Å². The Kier molecular flexibility index (Phi) is 3.79. The molecule has 1 aliphatic carbocycles. The van der Waals surface area contributed by atoms with Crippen molar-refractivity contribution in [2.45, 2.75) is 57.4 Å². The molecule has 0 unspecified atom stereocenters. The topological polar surface area (TPSA) is 26.0 Å². The van der Waals surface area contributed by atoms with E-state index in [2.05, 4.69) is 32.0 Å². The Morgan fingerprint density at radius 3 is 2.35 bits per heavy atom. The first-order chi connectivity index (χ1) is 8.01. The second-order valence-electron chi connectivity index (χ2n) is 5.64. The van der Waals surface area contributed by atoms with Crippen LogP contribution in [0.3, 0.4) is 0 Å². The van der Waals surface area contributed by atoms with E-state index in [0.29, 0.717) is 5.92 Å². The van der Waals surface area contributed by atoms with Crippen LogP contribution in [-0.4, -0.2) is 0 Å². The highest BCUT2D eigenvalue weighted by Crippen LogP contribution is 2.37. The maximum Gasteiger partial charge on any atom is 0.0412 e. The van der Waals surface area contributed by atoms with Crippen LogP contribution in [0.1, 0.15) is 63.0 Å². The molecule has 1 fully saturated rings. The van der Waals surface area contributed by atoms with Crippen molar-refractivity contribution < 1.29 is 0 Å². The Hall–Kier alpha value is -0.530. The summed E-state index contributed by atoms with van der Waals surface area (Å²) < 4.78 is 0. The molecule has 2 rings (SSSR count). The number of hydrogen-bond acceptors (Lipinski definition) is 1. The van der Waals surface area contributed by atoms with Gasteiger partial charge in [-0.1, -0.05) is 50.8 Å². The lowest BCUT2D eigenvalue weighted by Gasteiger charge is -2.34. The molecule has 1 saturated carbocycles. The van der Waals surface area contributed by atoms with E-state index in [1.54, 1.807) is 0 Å². The number of benzene rings is 1. The molecule has 2 N–H and O–H groups in total. The van der Waals surface area contributed by atoms with Gasteiger partial charge in [-0.25, -0.2) is 0 Å². The summed E-state index contributed by atoms with van der Waals surface area (Å²) in [6.45, 7) is 4.39. The van der Waals surface area contributed by atoms with Gasteiger partial charge in [-0.05, 0) is 42.0 Å². The van der Waals surface area contributed by atoms with Gasteiger partial charge < -0.3 is 5.73 Å². The van der Waals surface area contributed by atoms with Gasteiger partial charge in [0.2, 0.25) is 0 Å². The summed E-state index contributed by atoms with van der Waals surface area (Å²) in [6.07, 6.45) is 5.96. The standard InChI is InChI=1S/C15H22ClN/c1-11(2)12-8-13(10-14(16)9-12)15(17)6-4-3-5-7-15/h8-11H,3-7,17H2,1-2H3. The molecule has 0 bridgehead atoms. The van der Waals surface area contributed by atoms with Gasteiger partial charge in [0.15, 0.2) is 0 Å². The molecule has 0 heterocycles. The minimum absolute atomic E-state index is 0.146. The molecule has 0 spiro atoms. The van der Waals surface area contributed by atoms with Crippen LogP contribution in [0.5, 0.6) is 0 Å². The van der Waals surface area contributed by atoms with Crippen LogP contribution in [0.4, 0.5) is 0 Å². The largest absolute Gasteiger partial charge is 0.321 e. The number of hydrogen-bond donors (Lipinski definition) is 1. The van der Waals surface area contributed by atoms with Crippen molar-refractivity contribution in [1.29, 1.82) is 0 Å². The molecule has 17 heavy (non-hydrogen) atoms. The van der Waals surface area contributed by atoms with E-state index < -0.39 is 0 Å². The second-order valence-corrected chi connectivity index (χ2v) is 6.08. The van der Waals surface area contributed by atoms with Gasteiger partial charge in [0.1, 0.15) is 0 Å². The predicted octanol–water partition coefficient (Wildman–Crippen LogP) is 4.58. The molecule has 94 valence electrons. The molecule has 0 saturated heterocycles. The maximum atomic E-state index is 6.56. The summed E-state index contributed by atoms with van der Waals surface area (Å²) in [5, 5.41) is 0.821. The Balaban J connectivity index is 2.37. The van der Waals surface area contributed by atoms with Crippen LogP contribution in [0.2, 0.25) is 5.02 Å². The van der Waals surface area contributed by atoms with E-state index in [1.807, 2.05) is 0 Å². The Bertz CT molecular complexity index is 392. The number of rotatable bonds is 2. The molecule has 0 aliphatic heterocycles. The smallest absolute Gasteiger partial charge is 0.0412 e. The summed E-state index contributed by atoms with van der Waals surface area (Å²) in [5.41, 5.74) is 8.94. The van der Waals surface area contributed by atoms with Crippen LogP contribution in [0.15, 0.2) is 18.2 Å². The van der Waals surface area contributed by atoms with Gasteiger partial charge in [-0.2, -0.15) is 0 Å². The lowest BCUT2D eigenvalue weighted by atomic mass is 9.77. The van der Waals surface area contributed by atoms with Crippen molar-refractivity contribution in [1.82, 2.24) is 0 Å². The molecule has 1 aromatic rings. The third-order valence-electron chi connectivity index (χ3n) is 3.91. The van der Waals surface area contributed by atoms with Gasteiger partial charge >= 0.3 is 0 Å². The zero-order valence-electron chi connectivity index (χ0n) is 10.8. The highest BCUT2D eigenvalue weighted by atomic mass is 35.5. The lowest BCUT2D eigenvalue weighted by Crippen LogP contribution is -2.38. The lowest BCUT2D eigenvalue weighted by molar-refractivity contribution is 0.302. The number of halogens is 1. The Morgan fingerprint density at radius 1 is 1.12 bits per heavy atom. The minimum atomic E-state index is -0.146. The third-order valence-corrected chi connectivity index (χ3v) is 4.13. The maximum absolute atomic E-state index is 6.56. The fourth-order valence-electron chi connectivity index (χ4n) is 2.70. The average molecular weight is 252 g/mol. The summed E-state index contributed by atoms with van der Waals surface area (Å²) in [6, 6.07) is 6.36. The van der Waals surface area contributed by atoms with Crippen molar-refractivity contribution in [2.24, 2.45) is 5.73 Å². The highest BCUT2D eigenvalue weighted by Gasteiger charge is 2.29. The van der Waals surface area contributed by atoms with Gasteiger partial charge in [0.05, 0.1) is 0 Å². The molecule has 1 nitrogen and oxygen atoms in total. The van der Waals surface area contributed by atoms with E-state index in [-0.39, 0.29) is 5.54 Å².